The molecule has 2 unspecified atom stereocenters. The molecule has 4 rings (SSSR count). The van der Waals surface area contributed by atoms with Crippen LogP contribution in [0.2, 0.25) is 0 Å². The molecule has 2 aliphatic heterocycles. The summed E-state index contributed by atoms with van der Waals surface area (Å²) in [5, 5.41) is 25.2. The van der Waals surface area contributed by atoms with Crippen LogP contribution < -0.4 is 10.2 Å². The molecule has 0 aliphatic carbocycles. The zero-order valence-electron chi connectivity index (χ0n) is 17.2. The highest BCUT2D eigenvalue weighted by Gasteiger charge is 2.32. The maximum atomic E-state index is 12.9. The lowest BCUT2D eigenvalue weighted by atomic mass is 10.0. The van der Waals surface area contributed by atoms with Gasteiger partial charge in [0.15, 0.2) is 5.82 Å². The third-order valence-electron chi connectivity index (χ3n) is 6.08. The van der Waals surface area contributed by atoms with Crippen LogP contribution in [0.5, 0.6) is 0 Å². The summed E-state index contributed by atoms with van der Waals surface area (Å²) in [5.41, 5.74) is 1.87. The normalized spacial score (nSPS) is 21.6. The fraction of sp³-hybridized carbons (Fsp3) is 0.650. The smallest absolute Gasteiger partial charge is 0.317 e. The molecule has 2 atom stereocenters. The number of anilines is 1. The molecule has 29 heavy (non-hydrogen) atoms. The van der Waals surface area contributed by atoms with Crippen LogP contribution in [0.1, 0.15) is 49.5 Å². The Morgan fingerprint density at radius 2 is 2.14 bits per heavy atom. The number of hydrogen-bond donors (Lipinski definition) is 3. The number of likely N-dealkylation sites (tertiary alicyclic amines) is 1. The Morgan fingerprint density at radius 1 is 1.34 bits per heavy atom. The first-order chi connectivity index (χ1) is 14.0. The zero-order chi connectivity index (χ0) is 20.4. The molecule has 2 aromatic rings. The van der Waals surface area contributed by atoms with Crippen molar-refractivity contribution >= 4 is 11.8 Å². The Morgan fingerprint density at radius 3 is 2.79 bits per heavy atom. The molecule has 0 radical (unpaired) electrons. The number of carbonyl (C=O) groups is 1. The van der Waals surface area contributed by atoms with Gasteiger partial charge in [-0.1, -0.05) is 0 Å². The predicted molar refractivity (Wildman–Crippen MR) is 110 cm³/mol. The summed E-state index contributed by atoms with van der Waals surface area (Å²) < 4.78 is 1.69. The molecule has 9 heteroatoms. The van der Waals surface area contributed by atoms with Crippen LogP contribution in [0.4, 0.5) is 10.6 Å². The second-order valence-electron chi connectivity index (χ2n) is 8.31. The summed E-state index contributed by atoms with van der Waals surface area (Å²) in [6, 6.07) is 2.31. The number of carbonyl (C=O) groups excluding carboxylic acids is 1. The van der Waals surface area contributed by atoms with Crippen molar-refractivity contribution in [3.8, 4) is 0 Å². The van der Waals surface area contributed by atoms with Crippen LogP contribution in [0.3, 0.4) is 0 Å². The van der Waals surface area contributed by atoms with Gasteiger partial charge in [0.1, 0.15) is 0 Å². The Bertz CT molecular complexity index is 824. The van der Waals surface area contributed by atoms with Crippen LogP contribution in [0.15, 0.2) is 18.5 Å². The molecule has 0 aromatic carbocycles. The van der Waals surface area contributed by atoms with E-state index in [4.69, 9.17) is 0 Å². The van der Waals surface area contributed by atoms with Crippen LogP contribution in [0, 0.1) is 6.92 Å². The lowest BCUT2D eigenvalue weighted by Crippen LogP contribution is -2.50. The van der Waals surface area contributed by atoms with Crippen LogP contribution >= 0.6 is 0 Å². The zero-order valence-corrected chi connectivity index (χ0v) is 17.2. The van der Waals surface area contributed by atoms with E-state index < -0.39 is 6.10 Å². The first-order valence-electron chi connectivity index (χ1n) is 10.5. The maximum absolute atomic E-state index is 12.9. The van der Waals surface area contributed by atoms with Gasteiger partial charge in [0.05, 0.1) is 12.3 Å². The molecular formula is C20H31N7O2. The standard InChI is InChI=1S/C20H31N7O2/c1-14-10-19(24-23-14)26-8-5-16(6-9-26)22-20(29)27-7-3-4-17(27)11-18(28)15-12-21-25(2)13-15/h10,12-13,16-18,28H,3-9,11H2,1-2H3,(H,22,29)(H,23,24). The summed E-state index contributed by atoms with van der Waals surface area (Å²) in [5.74, 6) is 0.983. The lowest BCUT2D eigenvalue weighted by Gasteiger charge is -2.34. The van der Waals surface area contributed by atoms with Gasteiger partial charge in [-0.15, -0.1) is 0 Å². The first kappa shape index (κ1) is 19.8. The molecule has 0 spiro atoms. The minimum Gasteiger partial charge on any atom is -0.388 e. The Balaban J connectivity index is 1.27. The van der Waals surface area contributed by atoms with Gasteiger partial charge >= 0.3 is 6.03 Å². The predicted octanol–water partition coefficient (Wildman–Crippen LogP) is 1.72. The Hall–Kier alpha value is -2.55. The number of aliphatic hydroxyl groups excluding tert-OH is 1. The quantitative estimate of drug-likeness (QED) is 0.708. The van der Waals surface area contributed by atoms with E-state index >= 15 is 0 Å². The third-order valence-corrected chi connectivity index (χ3v) is 6.08. The van der Waals surface area contributed by atoms with Crippen molar-refractivity contribution in [2.24, 2.45) is 7.05 Å². The highest BCUT2D eigenvalue weighted by Crippen LogP contribution is 2.27. The summed E-state index contributed by atoms with van der Waals surface area (Å²) in [4.78, 5) is 17.1. The van der Waals surface area contributed by atoms with Gasteiger partial charge in [-0.3, -0.25) is 9.78 Å². The Labute approximate surface area is 171 Å². The van der Waals surface area contributed by atoms with Gasteiger partial charge in [0, 0.05) is 62.3 Å². The summed E-state index contributed by atoms with van der Waals surface area (Å²) >= 11 is 0. The molecular weight excluding hydrogens is 370 g/mol. The third kappa shape index (κ3) is 4.55. The summed E-state index contributed by atoms with van der Waals surface area (Å²) in [6.45, 7) is 4.53. The molecule has 9 nitrogen and oxygen atoms in total. The van der Waals surface area contributed by atoms with Gasteiger partial charge in [-0.2, -0.15) is 10.2 Å². The number of H-pyrrole nitrogens is 1. The summed E-state index contributed by atoms with van der Waals surface area (Å²) in [7, 11) is 1.84. The van der Waals surface area contributed by atoms with Crippen LogP contribution in [-0.2, 0) is 7.05 Å². The number of aliphatic hydroxyl groups is 1. The topological polar surface area (TPSA) is 102 Å². The molecule has 0 bridgehead atoms. The van der Waals surface area contributed by atoms with E-state index in [2.05, 4.69) is 31.6 Å². The van der Waals surface area contributed by atoms with Gasteiger partial charge in [-0.05, 0) is 39.0 Å². The second kappa shape index (κ2) is 8.44. The molecule has 3 N–H and O–H groups in total. The number of aromatic amines is 1. The number of hydrogen-bond acceptors (Lipinski definition) is 5. The van der Waals surface area contributed by atoms with Crippen molar-refractivity contribution in [2.45, 2.75) is 57.2 Å². The fourth-order valence-electron chi connectivity index (χ4n) is 4.43. The molecule has 2 fully saturated rings. The van der Waals surface area contributed by atoms with Crippen molar-refractivity contribution in [2.75, 3.05) is 24.5 Å². The number of nitrogens with one attached hydrogen (secondary N) is 2. The van der Waals surface area contributed by atoms with Crippen molar-refractivity contribution in [3.05, 3.63) is 29.7 Å². The van der Waals surface area contributed by atoms with E-state index in [1.807, 2.05) is 25.1 Å². The van der Waals surface area contributed by atoms with Gasteiger partial charge < -0.3 is 20.2 Å². The number of aromatic nitrogens is 4. The number of rotatable bonds is 5. The molecule has 2 aliphatic rings. The molecule has 2 saturated heterocycles. The number of urea groups is 1. The first-order valence-corrected chi connectivity index (χ1v) is 10.5. The van der Waals surface area contributed by atoms with Gasteiger partial charge in [0.25, 0.3) is 0 Å². The van der Waals surface area contributed by atoms with E-state index in [0.29, 0.717) is 6.42 Å². The van der Waals surface area contributed by atoms with E-state index in [-0.39, 0.29) is 18.1 Å². The van der Waals surface area contributed by atoms with Gasteiger partial charge in [-0.25, -0.2) is 4.79 Å². The van der Waals surface area contributed by atoms with Crippen molar-refractivity contribution in [1.29, 1.82) is 0 Å². The SMILES string of the molecule is Cc1cc(N2CCC(NC(=O)N3CCCC3CC(O)c3cnn(C)c3)CC2)n[nH]1. The largest absolute Gasteiger partial charge is 0.388 e. The average Bonchev–Trinajstić information content (AvgIpc) is 3.44. The monoisotopic (exact) mass is 401 g/mol. The molecule has 2 aromatic heterocycles. The number of piperidine rings is 1. The summed E-state index contributed by atoms with van der Waals surface area (Å²) in [6.07, 6.45) is 7.22. The molecule has 0 saturated carbocycles. The number of nitrogens with zero attached hydrogens (tertiary/aromatic N) is 5. The second-order valence-corrected chi connectivity index (χ2v) is 8.31. The van der Waals surface area contributed by atoms with E-state index in [1.165, 1.54) is 0 Å². The molecule has 2 amide bonds. The maximum Gasteiger partial charge on any atom is 0.317 e. The highest BCUT2D eigenvalue weighted by molar-refractivity contribution is 5.75. The van der Waals surface area contributed by atoms with Crippen LogP contribution in [0.25, 0.3) is 0 Å². The van der Waals surface area contributed by atoms with E-state index in [9.17, 15) is 9.90 Å². The highest BCUT2D eigenvalue weighted by atomic mass is 16.3. The lowest BCUT2D eigenvalue weighted by molar-refractivity contribution is 0.125. The minimum absolute atomic E-state index is 0.0000458. The van der Waals surface area contributed by atoms with Gasteiger partial charge in [0.2, 0.25) is 0 Å². The van der Waals surface area contributed by atoms with Crippen molar-refractivity contribution in [1.82, 2.24) is 30.2 Å². The number of amides is 2. The fourth-order valence-corrected chi connectivity index (χ4v) is 4.43. The van der Waals surface area contributed by atoms with E-state index in [0.717, 1.165) is 62.4 Å². The minimum atomic E-state index is -0.595. The van der Waals surface area contributed by atoms with Crippen LogP contribution in [-0.4, -0.2) is 67.7 Å². The van der Waals surface area contributed by atoms with Crippen molar-refractivity contribution < 1.29 is 9.90 Å². The average molecular weight is 402 g/mol. The molecule has 158 valence electrons. The van der Waals surface area contributed by atoms with E-state index in [1.54, 1.807) is 10.9 Å². The number of aryl methyl sites for hydroxylation is 2. The Kier molecular flexibility index (Phi) is 5.75. The van der Waals surface area contributed by atoms with Crippen molar-refractivity contribution in [3.63, 3.8) is 0 Å². The molecule has 4 heterocycles.